The van der Waals surface area contributed by atoms with Crippen LogP contribution in [0, 0.1) is 11.8 Å². The number of rotatable bonds is 7. The lowest BCUT2D eigenvalue weighted by atomic mass is 9.63. The van der Waals surface area contributed by atoms with Crippen molar-refractivity contribution in [3.63, 3.8) is 0 Å². The highest BCUT2D eigenvalue weighted by Gasteiger charge is 2.38. The van der Waals surface area contributed by atoms with Crippen LogP contribution in [0.4, 0.5) is 17.1 Å². The van der Waals surface area contributed by atoms with E-state index in [4.69, 9.17) is 0 Å². The molecular formula is C53H53N. The molecule has 1 atom stereocenters. The Morgan fingerprint density at radius 3 is 1.72 bits per heavy atom. The normalized spacial score (nSPS) is 21.4. The van der Waals surface area contributed by atoms with E-state index in [-0.39, 0.29) is 5.41 Å². The van der Waals surface area contributed by atoms with Crippen LogP contribution < -0.4 is 4.90 Å². The van der Waals surface area contributed by atoms with E-state index in [9.17, 15) is 0 Å². The van der Waals surface area contributed by atoms with Crippen molar-refractivity contribution in [3.05, 3.63) is 162 Å². The third-order valence-electron chi connectivity index (χ3n) is 14.1. The van der Waals surface area contributed by atoms with Gasteiger partial charge in [0.1, 0.15) is 0 Å². The van der Waals surface area contributed by atoms with Crippen molar-refractivity contribution >= 4 is 17.1 Å². The summed E-state index contributed by atoms with van der Waals surface area (Å²) in [5.74, 6) is 3.19. The van der Waals surface area contributed by atoms with Crippen LogP contribution in [0.15, 0.2) is 140 Å². The zero-order valence-electron chi connectivity index (χ0n) is 32.1. The predicted molar refractivity (Wildman–Crippen MR) is 228 cm³/mol. The van der Waals surface area contributed by atoms with Crippen LogP contribution in [0.5, 0.6) is 0 Å². The highest BCUT2D eigenvalue weighted by molar-refractivity contribution is 5.95. The van der Waals surface area contributed by atoms with Crippen LogP contribution >= 0.6 is 0 Å². The van der Waals surface area contributed by atoms with Gasteiger partial charge < -0.3 is 4.90 Å². The predicted octanol–water partition coefficient (Wildman–Crippen LogP) is 15.1. The molecule has 0 heterocycles. The fraction of sp³-hybridized carbons (Fsp3) is 0.321. The third-order valence-corrected chi connectivity index (χ3v) is 14.1. The topological polar surface area (TPSA) is 3.24 Å². The van der Waals surface area contributed by atoms with Gasteiger partial charge in [0.05, 0.1) is 5.69 Å². The van der Waals surface area contributed by atoms with Gasteiger partial charge in [-0.05, 0) is 148 Å². The van der Waals surface area contributed by atoms with Crippen molar-refractivity contribution in [2.24, 2.45) is 11.8 Å². The fourth-order valence-corrected chi connectivity index (χ4v) is 11.0. The first-order valence-corrected chi connectivity index (χ1v) is 21.0. The second-order valence-electron chi connectivity index (χ2n) is 17.5. The van der Waals surface area contributed by atoms with E-state index in [1.807, 2.05) is 0 Å². The summed E-state index contributed by atoms with van der Waals surface area (Å²) in [4.78, 5) is 2.57. The molecular weight excluding hydrogens is 651 g/mol. The van der Waals surface area contributed by atoms with Crippen molar-refractivity contribution < 1.29 is 0 Å². The van der Waals surface area contributed by atoms with E-state index in [0.29, 0.717) is 5.92 Å². The Kier molecular flexibility index (Phi) is 8.58. The first-order chi connectivity index (χ1) is 26.5. The Morgan fingerprint density at radius 2 is 1.09 bits per heavy atom. The van der Waals surface area contributed by atoms with Gasteiger partial charge in [0.15, 0.2) is 0 Å². The van der Waals surface area contributed by atoms with E-state index >= 15 is 0 Å². The molecule has 11 rings (SSSR count). The molecule has 2 bridgehead atoms. The van der Waals surface area contributed by atoms with Crippen LogP contribution in [0.1, 0.15) is 112 Å². The van der Waals surface area contributed by atoms with Gasteiger partial charge in [-0.25, -0.2) is 0 Å². The van der Waals surface area contributed by atoms with E-state index in [2.05, 4.69) is 158 Å². The summed E-state index contributed by atoms with van der Waals surface area (Å²) in [5, 5.41) is 0. The minimum Gasteiger partial charge on any atom is -0.310 e. The average molecular weight is 704 g/mol. The van der Waals surface area contributed by atoms with Gasteiger partial charge in [0, 0.05) is 22.4 Å². The van der Waals surface area contributed by atoms with E-state index < -0.39 is 0 Å². The summed E-state index contributed by atoms with van der Waals surface area (Å²) < 4.78 is 0. The molecule has 0 N–H and O–H groups in total. The SMILES string of the molecule is CC1(C)c2ccc(-c3ccccc3)cc2-c2cc(-c3ccccc3)c(N(c3ccc(C4CCCCC4)cc3)c3ccc(C4CC5CCC4CC5)cc3)cc21. The molecule has 1 nitrogen and oxygen atoms in total. The molecule has 0 amide bonds. The zero-order valence-corrected chi connectivity index (χ0v) is 32.1. The lowest BCUT2D eigenvalue weighted by Gasteiger charge is -2.42. The van der Waals surface area contributed by atoms with Gasteiger partial charge in [-0.3, -0.25) is 0 Å². The minimum atomic E-state index is -0.134. The second-order valence-corrected chi connectivity index (χ2v) is 17.5. The molecule has 5 aliphatic carbocycles. The number of benzene rings is 6. The quantitative estimate of drug-likeness (QED) is 0.160. The Balaban J connectivity index is 1.14. The number of hydrogen-bond donors (Lipinski definition) is 0. The summed E-state index contributed by atoms with van der Waals surface area (Å²) >= 11 is 0. The van der Waals surface area contributed by atoms with E-state index in [1.165, 1.54) is 131 Å². The maximum Gasteiger partial charge on any atom is 0.0543 e. The van der Waals surface area contributed by atoms with Crippen molar-refractivity contribution in [2.75, 3.05) is 4.90 Å². The summed E-state index contributed by atoms with van der Waals surface area (Å²) in [6, 6.07) is 53.6. The molecule has 4 saturated carbocycles. The van der Waals surface area contributed by atoms with Crippen LogP contribution in [0.3, 0.4) is 0 Å². The van der Waals surface area contributed by atoms with Crippen LogP contribution in [0.2, 0.25) is 0 Å². The maximum absolute atomic E-state index is 2.57. The summed E-state index contributed by atoms with van der Waals surface area (Å²) in [6.45, 7) is 4.84. The number of hydrogen-bond acceptors (Lipinski definition) is 1. The molecule has 0 spiro atoms. The number of nitrogens with zero attached hydrogens (tertiary/aromatic N) is 1. The van der Waals surface area contributed by atoms with Gasteiger partial charge in [-0.1, -0.05) is 143 Å². The third kappa shape index (κ3) is 5.92. The second kappa shape index (κ2) is 13.8. The van der Waals surface area contributed by atoms with Crippen LogP contribution in [-0.2, 0) is 5.41 Å². The van der Waals surface area contributed by atoms with Crippen LogP contribution in [-0.4, -0.2) is 0 Å². The Morgan fingerprint density at radius 1 is 0.481 bits per heavy atom. The molecule has 0 radical (unpaired) electrons. The highest BCUT2D eigenvalue weighted by atomic mass is 15.1. The molecule has 0 saturated heterocycles. The molecule has 54 heavy (non-hydrogen) atoms. The van der Waals surface area contributed by atoms with Gasteiger partial charge in [-0.15, -0.1) is 0 Å². The monoisotopic (exact) mass is 703 g/mol. The zero-order chi connectivity index (χ0) is 36.2. The number of fused-ring (bicyclic) bond motifs is 6. The van der Waals surface area contributed by atoms with Gasteiger partial charge >= 0.3 is 0 Å². The van der Waals surface area contributed by atoms with Gasteiger partial charge in [0.25, 0.3) is 0 Å². The first-order valence-electron chi connectivity index (χ1n) is 21.0. The lowest BCUT2D eigenvalue weighted by Crippen LogP contribution is -2.29. The van der Waals surface area contributed by atoms with Gasteiger partial charge in [-0.2, -0.15) is 0 Å². The molecule has 0 aromatic heterocycles. The smallest absolute Gasteiger partial charge is 0.0543 e. The highest BCUT2D eigenvalue weighted by Crippen LogP contribution is 2.55. The summed E-state index contributed by atoms with van der Waals surface area (Å²) in [5.41, 5.74) is 17.2. The molecule has 1 unspecified atom stereocenters. The standard InChI is InChI=1S/C53H53N/c1-53(2)50-31-26-43(38-14-8-4-9-15-38)33-48(50)49-34-47(40-16-10-5-11-17-40)52(35-51(49)53)54(44-27-22-39(23-28-44)37-12-6-3-7-13-37)45-29-24-42(25-30-45)46-32-36-18-20-41(46)21-19-36/h4-5,8-11,14-17,22-31,33-37,41,46H,3,6-7,12-13,18-21,32H2,1-2H3. The molecule has 4 fully saturated rings. The Bertz CT molecular complexity index is 2250. The molecule has 6 aromatic carbocycles. The van der Waals surface area contributed by atoms with Crippen molar-refractivity contribution in [3.8, 4) is 33.4 Å². The summed E-state index contributed by atoms with van der Waals surface area (Å²) in [6.07, 6.45) is 13.8. The lowest BCUT2D eigenvalue weighted by molar-refractivity contribution is 0.145. The molecule has 5 aliphatic rings. The first kappa shape index (κ1) is 33.7. The molecule has 0 aliphatic heterocycles. The molecule has 270 valence electrons. The van der Waals surface area contributed by atoms with Crippen molar-refractivity contribution in [1.82, 2.24) is 0 Å². The Hall–Kier alpha value is -4.88. The van der Waals surface area contributed by atoms with Crippen molar-refractivity contribution in [1.29, 1.82) is 0 Å². The van der Waals surface area contributed by atoms with E-state index in [0.717, 1.165) is 17.8 Å². The fourth-order valence-electron chi connectivity index (χ4n) is 11.0. The molecule has 1 heteroatoms. The average Bonchev–Trinajstić information content (AvgIpc) is 3.47. The summed E-state index contributed by atoms with van der Waals surface area (Å²) in [7, 11) is 0. The number of anilines is 3. The maximum atomic E-state index is 2.57. The van der Waals surface area contributed by atoms with Gasteiger partial charge in [0.2, 0.25) is 0 Å². The largest absolute Gasteiger partial charge is 0.310 e. The van der Waals surface area contributed by atoms with Crippen molar-refractivity contribution in [2.45, 2.75) is 95.3 Å². The Labute approximate surface area is 323 Å². The minimum absolute atomic E-state index is 0.134. The molecule has 6 aromatic rings. The van der Waals surface area contributed by atoms with E-state index in [1.54, 1.807) is 5.56 Å². The van der Waals surface area contributed by atoms with Crippen LogP contribution in [0.25, 0.3) is 33.4 Å².